The Kier molecular flexibility index (Phi) is 1.51. The summed E-state index contributed by atoms with van der Waals surface area (Å²) in [5.74, 6) is -1.17. The largest absolute Gasteiger partial charge is 0.370 e. The van der Waals surface area contributed by atoms with Crippen LogP contribution in [0.15, 0.2) is 0 Å². The molecule has 2 aliphatic heterocycles. The number of imide groups is 1. The maximum atomic E-state index is 11.2. The van der Waals surface area contributed by atoms with Crippen molar-refractivity contribution in [3.05, 3.63) is 0 Å². The van der Waals surface area contributed by atoms with Gasteiger partial charge in [-0.3, -0.25) is 20.3 Å². The minimum atomic E-state index is -0.309. The van der Waals surface area contributed by atoms with Crippen LogP contribution in [-0.4, -0.2) is 35.8 Å². The highest BCUT2D eigenvalue weighted by Gasteiger charge is 2.48. The molecule has 2 aliphatic rings. The van der Waals surface area contributed by atoms with E-state index in [0.717, 1.165) is 0 Å². The molecule has 0 bridgehead atoms. The zero-order valence-electron chi connectivity index (χ0n) is 6.91. The fourth-order valence-electron chi connectivity index (χ4n) is 1.84. The number of nitrogens with one attached hydrogen (secondary N) is 2. The third-order valence-electron chi connectivity index (χ3n) is 2.58. The number of hydrogen-bond acceptors (Lipinski definition) is 3. The van der Waals surface area contributed by atoms with Crippen molar-refractivity contribution < 1.29 is 9.59 Å². The minimum absolute atomic E-state index is 0.0741. The number of carbonyl (C=O) groups is 2. The lowest BCUT2D eigenvalue weighted by Gasteiger charge is -2.15. The molecule has 0 spiro atoms. The number of amides is 2. The Morgan fingerprint density at radius 1 is 1.38 bits per heavy atom. The highest BCUT2D eigenvalue weighted by atomic mass is 16.2. The van der Waals surface area contributed by atoms with Gasteiger partial charge in [0.25, 0.3) is 0 Å². The molecule has 2 saturated heterocycles. The van der Waals surface area contributed by atoms with E-state index in [4.69, 9.17) is 11.1 Å². The topological polar surface area (TPSA) is 99.3 Å². The summed E-state index contributed by atoms with van der Waals surface area (Å²) >= 11 is 0. The number of carbonyl (C=O) groups excluding carboxylic acids is 2. The van der Waals surface area contributed by atoms with Gasteiger partial charge in [-0.15, -0.1) is 0 Å². The Morgan fingerprint density at radius 3 is 2.23 bits per heavy atom. The van der Waals surface area contributed by atoms with Gasteiger partial charge in [0.2, 0.25) is 11.8 Å². The lowest BCUT2D eigenvalue weighted by molar-refractivity contribution is -0.126. The average Bonchev–Trinajstić information content (AvgIpc) is 2.55. The maximum absolute atomic E-state index is 11.2. The van der Waals surface area contributed by atoms with E-state index < -0.39 is 0 Å². The van der Waals surface area contributed by atoms with Crippen LogP contribution in [0.5, 0.6) is 0 Å². The first-order valence-electron chi connectivity index (χ1n) is 4.03. The van der Waals surface area contributed by atoms with Crippen LogP contribution >= 0.6 is 0 Å². The molecule has 2 heterocycles. The molecule has 0 aromatic heterocycles. The first kappa shape index (κ1) is 8.03. The smallest absolute Gasteiger partial charge is 0.232 e. The second-order valence-corrected chi connectivity index (χ2v) is 3.36. The predicted octanol–water partition coefficient (Wildman–Crippen LogP) is -1.92. The van der Waals surface area contributed by atoms with Gasteiger partial charge in [-0.1, -0.05) is 0 Å². The van der Waals surface area contributed by atoms with Crippen molar-refractivity contribution in [2.24, 2.45) is 17.6 Å². The lowest BCUT2D eigenvalue weighted by atomic mass is 10.00. The van der Waals surface area contributed by atoms with Gasteiger partial charge < -0.3 is 10.6 Å². The molecule has 2 rings (SSSR count). The van der Waals surface area contributed by atoms with Gasteiger partial charge in [0.1, 0.15) is 0 Å². The molecule has 0 saturated carbocycles. The molecular weight excluding hydrogens is 172 g/mol. The van der Waals surface area contributed by atoms with Crippen molar-refractivity contribution in [3.8, 4) is 0 Å². The van der Waals surface area contributed by atoms with Crippen LogP contribution in [0, 0.1) is 17.2 Å². The highest BCUT2D eigenvalue weighted by Crippen LogP contribution is 2.27. The second-order valence-electron chi connectivity index (χ2n) is 3.36. The molecule has 0 radical (unpaired) electrons. The second kappa shape index (κ2) is 2.45. The maximum Gasteiger partial charge on any atom is 0.232 e. The fraction of sp³-hybridized carbons (Fsp3) is 0.571. The molecule has 2 unspecified atom stereocenters. The van der Waals surface area contributed by atoms with E-state index in [1.807, 2.05) is 0 Å². The normalized spacial score (nSPS) is 31.8. The third-order valence-corrected chi connectivity index (χ3v) is 2.58. The van der Waals surface area contributed by atoms with Crippen LogP contribution in [-0.2, 0) is 9.59 Å². The average molecular weight is 182 g/mol. The highest BCUT2D eigenvalue weighted by molar-refractivity contribution is 6.06. The lowest BCUT2D eigenvalue weighted by Crippen LogP contribution is -2.38. The summed E-state index contributed by atoms with van der Waals surface area (Å²) in [6.07, 6.45) is 0. The minimum Gasteiger partial charge on any atom is -0.370 e. The van der Waals surface area contributed by atoms with Crippen molar-refractivity contribution in [3.63, 3.8) is 0 Å². The fourth-order valence-corrected chi connectivity index (χ4v) is 1.84. The Hall–Kier alpha value is -1.59. The molecule has 13 heavy (non-hydrogen) atoms. The number of hydrogen-bond donors (Lipinski definition) is 3. The van der Waals surface area contributed by atoms with Gasteiger partial charge in [-0.2, -0.15) is 0 Å². The first-order valence-corrected chi connectivity index (χ1v) is 4.03. The molecule has 70 valence electrons. The molecule has 2 atom stereocenters. The summed E-state index contributed by atoms with van der Waals surface area (Å²) in [5.41, 5.74) is 5.26. The Morgan fingerprint density at radius 2 is 1.85 bits per heavy atom. The van der Waals surface area contributed by atoms with E-state index in [1.54, 1.807) is 4.90 Å². The van der Waals surface area contributed by atoms with E-state index in [2.05, 4.69) is 5.32 Å². The van der Waals surface area contributed by atoms with Crippen LogP contribution < -0.4 is 11.1 Å². The Balaban J connectivity index is 2.17. The van der Waals surface area contributed by atoms with Gasteiger partial charge in [0, 0.05) is 13.1 Å². The predicted molar refractivity (Wildman–Crippen MR) is 43.6 cm³/mol. The number of guanidine groups is 1. The molecule has 0 aromatic rings. The van der Waals surface area contributed by atoms with Crippen molar-refractivity contribution in [1.82, 2.24) is 10.2 Å². The summed E-state index contributed by atoms with van der Waals surface area (Å²) in [6, 6.07) is 0. The summed E-state index contributed by atoms with van der Waals surface area (Å²) in [5, 5.41) is 9.43. The zero-order chi connectivity index (χ0) is 9.59. The van der Waals surface area contributed by atoms with Gasteiger partial charge in [-0.05, 0) is 0 Å². The van der Waals surface area contributed by atoms with Crippen LogP contribution in [0.3, 0.4) is 0 Å². The Bertz CT molecular complexity index is 279. The molecule has 2 amide bonds. The summed E-state index contributed by atoms with van der Waals surface area (Å²) in [4.78, 5) is 23.9. The van der Waals surface area contributed by atoms with Crippen molar-refractivity contribution in [2.45, 2.75) is 0 Å². The number of nitrogens with zero attached hydrogens (tertiary/aromatic N) is 1. The molecule has 6 heteroatoms. The molecule has 4 N–H and O–H groups in total. The number of nitrogens with two attached hydrogens (primary N) is 1. The third kappa shape index (κ3) is 1.06. The first-order chi connectivity index (χ1) is 6.09. The van der Waals surface area contributed by atoms with Gasteiger partial charge in [-0.25, -0.2) is 0 Å². The van der Waals surface area contributed by atoms with Crippen LogP contribution in [0.4, 0.5) is 0 Å². The Labute approximate surface area is 74.6 Å². The van der Waals surface area contributed by atoms with Gasteiger partial charge >= 0.3 is 0 Å². The van der Waals surface area contributed by atoms with E-state index in [1.165, 1.54) is 0 Å². The number of fused-ring (bicyclic) bond motifs is 1. The van der Waals surface area contributed by atoms with E-state index >= 15 is 0 Å². The van der Waals surface area contributed by atoms with Crippen molar-refractivity contribution in [2.75, 3.05) is 13.1 Å². The molecule has 2 fully saturated rings. The van der Waals surface area contributed by atoms with Crippen LogP contribution in [0.25, 0.3) is 0 Å². The van der Waals surface area contributed by atoms with E-state index in [-0.39, 0.29) is 29.6 Å². The molecule has 0 aromatic carbocycles. The number of likely N-dealkylation sites (tertiary alicyclic amines) is 1. The quantitative estimate of drug-likeness (QED) is 0.231. The molecular formula is C7H10N4O2. The van der Waals surface area contributed by atoms with Gasteiger partial charge in [0.15, 0.2) is 5.96 Å². The number of rotatable bonds is 0. The summed E-state index contributed by atoms with van der Waals surface area (Å²) in [6.45, 7) is 0.773. The van der Waals surface area contributed by atoms with Crippen LogP contribution in [0.2, 0.25) is 0 Å². The standard InChI is InChI=1S/C7H10N4O2/c8-7(9)11-1-3-4(2-11)6(13)10-5(3)12/h3-4H,1-2H2,(H3,8,9)(H,10,12,13). The summed E-state index contributed by atoms with van der Waals surface area (Å²) < 4.78 is 0. The van der Waals surface area contributed by atoms with Gasteiger partial charge in [0.05, 0.1) is 11.8 Å². The van der Waals surface area contributed by atoms with E-state index in [0.29, 0.717) is 13.1 Å². The molecule has 6 nitrogen and oxygen atoms in total. The summed E-state index contributed by atoms with van der Waals surface area (Å²) in [7, 11) is 0. The monoisotopic (exact) mass is 182 g/mol. The van der Waals surface area contributed by atoms with E-state index in [9.17, 15) is 9.59 Å². The van der Waals surface area contributed by atoms with Crippen LogP contribution in [0.1, 0.15) is 0 Å². The SMILES string of the molecule is N=C(N)N1CC2C(=O)NC(=O)C2C1. The van der Waals surface area contributed by atoms with Crippen molar-refractivity contribution in [1.29, 1.82) is 5.41 Å². The molecule has 0 aliphatic carbocycles. The van der Waals surface area contributed by atoms with Crippen molar-refractivity contribution >= 4 is 17.8 Å². The zero-order valence-corrected chi connectivity index (χ0v) is 6.91.